The van der Waals surface area contributed by atoms with E-state index < -0.39 is 0 Å². The van der Waals surface area contributed by atoms with Crippen LogP contribution in [0.15, 0.2) is 4.99 Å². The van der Waals surface area contributed by atoms with Crippen LogP contribution in [0.2, 0.25) is 0 Å². The van der Waals surface area contributed by atoms with Gasteiger partial charge in [-0.25, -0.2) is 0 Å². The van der Waals surface area contributed by atoms with E-state index >= 15 is 0 Å². The summed E-state index contributed by atoms with van der Waals surface area (Å²) in [5.41, 5.74) is 0.471. The van der Waals surface area contributed by atoms with E-state index in [2.05, 4.69) is 26.1 Å². The second-order valence-corrected chi connectivity index (χ2v) is 5.72. The lowest BCUT2D eigenvalue weighted by Crippen LogP contribution is -2.34. The molecule has 0 unspecified atom stereocenters. The Labute approximate surface area is 105 Å². The number of unbranched alkanes of at least 4 members (excludes halogenated alkanes) is 2. The number of nitrogens with zero attached hydrogens (tertiary/aromatic N) is 1. The van der Waals surface area contributed by atoms with E-state index in [1.54, 1.807) is 0 Å². The van der Waals surface area contributed by atoms with Crippen LogP contribution < -0.4 is 5.32 Å². The average Bonchev–Trinajstić information content (AvgIpc) is 2.36. The largest absolute Gasteiger partial charge is 0.365 e. The summed E-state index contributed by atoms with van der Waals surface area (Å²) in [6.45, 7) is 8.93. The van der Waals surface area contributed by atoms with Gasteiger partial charge in [0, 0.05) is 18.8 Å². The van der Waals surface area contributed by atoms with Gasteiger partial charge in [-0.2, -0.15) is 0 Å². The van der Waals surface area contributed by atoms with E-state index in [9.17, 15) is 0 Å². The minimum absolute atomic E-state index is 0.471. The number of hydrogen-bond donors (Lipinski definition) is 1. The normalized spacial score (nSPS) is 19.3. The first-order valence-corrected chi connectivity index (χ1v) is 7.66. The maximum absolute atomic E-state index is 4.69. The molecule has 0 bridgehead atoms. The second kappa shape index (κ2) is 7.21. The van der Waals surface area contributed by atoms with Crippen molar-refractivity contribution in [2.45, 2.75) is 52.9 Å². The highest BCUT2D eigenvalue weighted by molar-refractivity contribution is 8.13. The number of nitrogens with one attached hydrogen (secondary N) is 1. The Morgan fingerprint density at radius 2 is 2.00 bits per heavy atom. The Kier molecular flexibility index (Phi) is 6.25. The van der Waals surface area contributed by atoms with Crippen molar-refractivity contribution in [2.75, 3.05) is 18.8 Å². The molecular weight excluding hydrogens is 216 g/mol. The summed E-state index contributed by atoms with van der Waals surface area (Å²) in [5.74, 6) is 1.24. The molecule has 0 atom stereocenters. The zero-order valence-corrected chi connectivity index (χ0v) is 11.8. The zero-order chi connectivity index (χ0) is 11.9. The van der Waals surface area contributed by atoms with Crippen LogP contribution in [-0.2, 0) is 0 Å². The van der Waals surface area contributed by atoms with Crippen molar-refractivity contribution in [3.05, 3.63) is 0 Å². The number of aliphatic imine (C=N–C) groups is 1. The quantitative estimate of drug-likeness (QED) is 0.719. The van der Waals surface area contributed by atoms with Crippen molar-refractivity contribution in [3.8, 4) is 0 Å². The highest BCUT2D eigenvalue weighted by atomic mass is 32.2. The molecule has 0 aromatic rings. The standard InChI is InChI=1S/C13H26N2S/c1-4-7-8-9-14-12-15-10-13(5-2,6-3)11-16-12/h4-11H2,1-3H3,(H,14,15). The van der Waals surface area contributed by atoms with Gasteiger partial charge in [-0.3, -0.25) is 4.99 Å². The molecule has 0 radical (unpaired) electrons. The molecule has 0 saturated carbocycles. The van der Waals surface area contributed by atoms with Crippen molar-refractivity contribution >= 4 is 16.9 Å². The van der Waals surface area contributed by atoms with Gasteiger partial charge in [-0.05, 0) is 24.7 Å². The van der Waals surface area contributed by atoms with Crippen molar-refractivity contribution in [2.24, 2.45) is 10.4 Å². The first kappa shape index (κ1) is 13.9. The predicted molar refractivity (Wildman–Crippen MR) is 75.3 cm³/mol. The third kappa shape index (κ3) is 4.00. The topological polar surface area (TPSA) is 24.4 Å². The predicted octanol–water partition coefficient (Wildman–Crippen LogP) is 3.68. The van der Waals surface area contributed by atoms with Gasteiger partial charge in [0.25, 0.3) is 0 Å². The molecule has 1 N–H and O–H groups in total. The van der Waals surface area contributed by atoms with Crippen molar-refractivity contribution in [3.63, 3.8) is 0 Å². The van der Waals surface area contributed by atoms with Gasteiger partial charge in [0.2, 0.25) is 0 Å². The Morgan fingerprint density at radius 1 is 1.25 bits per heavy atom. The van der Waals surface area contributed by atoms with E-state index in [1.165, 1.54) is 43.0 Å². The molecule has 0 fully saturated rings. The SMILES string of the molecule is CCCCCNC1=NCC(CC)(CC)CS1. The van der Waals surface area contributed by atoms with Gasteiger partial charge in [0.05, 0.1) is 0 Å². The first-order valence-electron chi connectivity index (χ1n) is 6.67. The summed E-state index contributed by atoms with van der Waals surface area (Å²) < 4.78 is 0. The number of hydrogen-bond acceptors (Lipinski definition) is 3. The highest BCUT2D eigenvalue weighted by Gasteiger charge is 2.29. The van der Waals surface area contributed by atoms with Crippen LogP contribution in [0.25, 0.3) is 0 Å². The zero-order valence-electron chi connectivity index (χ0n) is 11.0. The molecule has 16 heavy (non-hydrogen) atoms. The summed E-state index contributed by atoms with van der Waals surface area (Å²) in [6.07, 6.45) is 6.38. The first-order chi connectivity index (χ1) is 7.76. The second-order valence-electron chi connectivity index (χ2n) is 4.75. The van der Waals surface area contributed by atoms with Crippen LogP contribution in [0.3, 0.4) is 0 Å². The molecule has 1 heterocycles. The highest BCUT2D eigenvalue weighted by Crippen LogP contribution is 2.34. The fourth-order valence-corrected chi connectivity index (χ4v) is 3.21. The van der Waals surface area contributed by atoms with Gasteiger partial charge >= 0.3 is 0 Å². The Balaban J connectivity index is 2.29. The molecule has 0 aromatic heterocycles. The Morgan fingerprint density at radius 3 is 2.50 bits per heavy atom. The van der Waals surface area contributed by atoms with Crippen LogP contribution in [0, 0.1) is 5.41 Å². The Hall–Kier alpha value is -0.180. The van der Waals surface area contributed by atoms with Gasteiger partial charge in [-0.15, -0.1) is 0 Å². The lowest BCUT2D eigenvalue weighted by Gasteiger charge is -2.33. The molecular formula is C13H26N2S. The molecule has 3 heteroatoms. The van der Waals surface area contributed by atoms with Gasteiger partial charge in [-0.1, -0.05) is 45.4 Å². The summed E-state index contributed by atoms with van der Waals surface area (Å²) >= 11 is 1.92. The molecule has 1 rings (SSSR count). The fourth-order valence-electron chi connectivity index (χ4n) is 1.91. The summed E-state index contributed by atoms with van der Waals surface area (Å²) in [4.78, 5) is 4.69. The van der Waals surface area contributed by atoms with E-state index in [4.69, 9.17) is 4.99 Å². The lowest BCUT2D eigenvalue weighted by atomic mass is 9.84. The minimum atomic E-state index is 0.471. The third-order valence-electron chi connectivity index (χ3n) is 3.63. The molecule has 1 aliphatic heterocycles. The Bertz CT molecular complexity index is 222. The third-order valence-corrected chi connectivity index (χ3v) is 4.93. The van der Waals surface area contributed by atoms with E-state index in [0.717, 1.165) is 13.1 Å². The molecule has 2 nitrogen and oxygen atoms in total. The molecule has 0 aliphatic carbocycles. The number of amidine groups is 1. The van der Waals surface area contributed by atoms with Crippen LogP contribution in [0.4, 0.5) is 0 Å². The molecule has 94 valence electrons. The smallest absolute Gasteiger partial charge is 0.156 e. The number of thioether (sulfide) groups is 1. The van der Waals surface area contributed by atoms with Crippen LogP contribution in [-0.4, -0.2) is 24.0 Å². The average molecular weight is 242 g/mol. The summed E-state index contributed by atoms with van der Waals surface area (Å²) in [5, 5.41) is 4.63. The maximum atomic E-state index is 4.69. The van der Waals surface area contributed by atoms with Crippen LogP contribution in [0.5, 0.6) is 0 Å². The summed E-state index contributed by atoms with van der Waals surface area (Å²) in [7, 11) is 0. The van der Waals surface area contributed by atoms with E-state index in [0.29, 0.717) is 5.41 Å². The maximum Gasteiger partial charge on any atom is 0.156 e. The van der Waals surface area contributed by atoms with Gasteiger partial charge in [0.15, 0.2) is 5.17 Å². The summed E-state index contributed by atoms with van der Waals surface area (Å²) in [6, 6.07) is 0. The van der Waals surface area contributed by atoms with E-state index in [1.807, 2.05) is 11.8 Å². The van der Waals surface area contributed by atoms with Crippen molar-refractivity contribution < 1.29 is 0 Å². The van der Waals surface area contributed by atoms with Gasteiger partial charge < -0.3 is 5.32 Å². The van der Waals surface area contributed by atoms with Crippen molar-refractivity contribution in [1.29, 1.82) is 0 Å². The minimum Gasteiger partial charge on any atom is -0.365 e. The van der Waals surface area contributed by atoms with Crippen LogP contribution >= 0.6 is 11.8 Å². The van der Waals surface area contributed by atoms with E-state index in [-0.39, 0.29) is 0 Å². The molecule has 0 spiro atoms. The molecule has 0 aromatic carbocycles. The fraction of sp³-hybridized carbons (Fsp3) is 0.923. The van der Waals surface area contributed by atoms with Crippen LogP contribution in [0.1, 0.15) is 52.9 Å². The molecule has 0 saturated heterocycles. The van der Waals surface area contributed by atoms with Crippen molar-refractivity contribution in [1.82, 2.24) is 5.32 Å². The lowest BCUT2D eigenvalue weighted by molar-refractivity contribution is 0.318. The molecule has 1 aliphatic rings. The van der Waals surface area contributed by atoms with Gasteiger partial charge in [0.1, 0.15) is 0 Å². The monoisotopic (exact) mass is 242 g/mol. The molecule has 0 amide bonds. The number of rotatable bonds is 6.